The van der Waals surface area contributed by atoms with Gasteiger partial charge in [-0.2, -0.15) is 4.98 Å². The molecule has 0 radical (unpaired) electrons. The fraction of sp³-hybridized carbons (Fsp3) is 0.400. The minimum Gasteiger partial charge on any atom is -0.506 e. The molecule has 1 aliphatic carbocycles. The lowest BCUT2D eigenvalue weighted by Gasteiger charge is -1.88. The minimum absolute atomic E-state index is 0.210. The van der Waals surface area contributed by atoms with Gasteiger partial charge in [0.05, 0.1) is 0 Å². The lowest BCUT2D eigenvalue weighted by Crippen LogP contribution is -1.88. The zero-order valence-corrected chi connectivity index (χ0v) is 8.83. The summed E-state index contributed by atoms with van der Waals surface area (Å²) < 4.78 is 5.11. The zero-order valence-electron chi connectivity index (χ0n) is 8.01. The Bertz CT molecular complexity index is 473. The van der Waals surface area contributed by atoms with Gasteiger partial charge in [-0.1, -0.05) is 5.16 Å². The van der Waals surface area contributed by atoms with Crippen molar-refractivity contribution in [1.29, 1.82) is 0 Å². The molecule has 0 aromatic carbocycles. The van der Waals surface area contributed by atoms with E-state index in [1.165, 1.54) is 24.2 Å². The smallest absolute Gasteiger partial charge is 0.271 e. The lowest BCUT2D eigenvalue weighted by atomic mass is 10.3. The van der Waals surface area contributed by atoms with Crippen molar-refractivity contribution in [1.82, 2.24) is 10.1 Å². The molecule has 1 aliphatic rings. The van der Waals surface area contributed by atoms with Crippen LogP contribution in [0.2, 0.25) is 0 Å². The van der Waals surface area contributed by atoms with Gasteiger partial charge in [-0.3, -0.25) is 0 Å². The molecule has 0 saturated heterocycles. The van der Waals surface area contributed by atoms with Crippen LogP contribution in [0.5, 0.6) is 5.75 Å². The third-order valence-corrected chi connectivity index (χ3v) is 3.37. The van der Waals surface area contributed by atoms with Gasteiger partial charge >= 0.3 is 0 Å². The van der Waals surface area contributed by atoms with Crippen LogP contribution in [0.4, 0.5) is 0 Å². The van der Waals surface area contributed by atoms with Crippen LogP contribution in [-0.2, 0) is 6.42 Å². The van der Waals surface area contributed by atoms with Crippen LogP contribution in [0.1, 0.15) is 18.7 Å². The lowest BCUT2D eigenvalue weighted by molar-refractivity contribution is 0.417. The topological polar surface area (TPSA) is 59.2 Å². The molecule has 0 atom stereocenters. The standard InChI is InChI=1S/C10H10N2O2S/c13-7-3-4-15-9(7)10-11-8(12-14-10)5-6-1-2-6/h3-4,6,13H,1-2,5H2. The first kappa shape index (κ1) is 8.91. The molecule has 1 fully saturated rings. The van der Waals surface area contributed by atoms with E-state index in [2.05, 4.69) is 10.1 Å². The molecule has 5 heteroatoms. The number of aromatic nitrogens is 2. The van der Waals surface area contributed by atoms with Crippen molar-refractivity contribution in [3.63, 3.8) is 0 Å². The summed E-state index contributed by atoms with van der Waals surface area (Å²) in [4.78, 5) is 4.92. The van der Waals surface area contributed by atoms with Crippen LogP contribution in [0.3, 0.4) is 0 Å². The molecule has 0 bridgehead atoms. The Labute approximate surface area is 90.6 Å². The van der Waals surface area contributed by atoms with Crippen molar-refractivity contribution in [3.8, 4) is 16.5 Å². The maximum atomic E-state index is 9.49. The van der Waals surface area contributed by atoms with Gasteiger partial charge in [0.2, 0.25) is 0 Å². The molecule has 1 N–H and O–H groups in total. The molecular weight excluding hydrogens is 212 g/mol. The van der Waals surface area contributed by atoms with E-state index in [9.17, 15) is 5.11 Å². The molecule has 0 aliphatic heterocycles. The van der Waals surface area contributed by atoms with Gasteiger partial charge in [0.1, 0.15) is 10.6 Å². The second-order valence-electron chi connectivity index (χ2n) is 3.80. The molecule has 2 aromatic rings. The average Bonchev–Trinajstić information content (AvgIpc) is 2.74. The highest BCUT2D eigenvalue weighted by Gasteiger charge is 2.24. The molecule has 3 rings (SSSR count). The summed E-state index contributed by atoms with van der Waals surface area (Å²) in [6.45, 7) is 0. The highest BCUT2D eigenvalue weighted by atomic mass is 32.1. The molecular formula is C10H10N2O2S. The number of hydrogen-bond acceptors (Lipinski definition) is 5. The number of hydrogen-bond donors (Lipinski definition) is 1. The van der Waals surface area contributed by atoms with Gasteiger partial charge in [0, 0.05) is 6.42 Å². The number of aromatic hydroxyl groups is 1. The number of nitrogens with zero attached hydrogens (tertiary/aromatic N) is 2. The number of rotatable bonds is 3. The molecule has 0 spiro atoms. The normalized spacial score (nSPS) is 15.7. The zero-order chi connectivity index (χ0) is 10.3. The summed E-state index contributed by atoms with van der Waals surface area (Å²) in [6, 6.07) is 1.63. The van der Waals surface area contributed by atoms with Crippen molar-refractivity contribution in [3.05, 3.63) is 17.3 Å². The maximum absolute atomic E-state index is 9.49. The largest absolute Gasteiger partial charge is 0.506 e. The van der Waals surface area contributed by atoms with Gasteiger partial charge in [0.15, 0.2) is 5.82 Å². The average molecular weight is 222 g/mol. The Morgan fingerprint density at radius 3 is 3.07 bits per heavy atom. The van der Waals surface area contributed by atoms with E-state index >= 15 is 0 Å². The molecule has 1 saturated carbocycles. The van der Waals surface area contributed by atoms with Crippen LogP contribution in [0.15, 0.2) is 16.0 Å². The monoisotopic (exact) mass is 222 g/mol. The summed E-state index contributed by atoms with van der Waals surface area (Å²) in [5.74, 6) is 2.13. The SMILES string of the molecule is Oc1ccsc1-c1nc(CC2CC2)no1. The highest BCUT2D eigenvalue weighted by Crippen LogP contribution is 2.35. The summed E-state index contributed by atoms with van der Waals surface area (Å²) in [5.41, 5.74) is 0. The molecule has 4 nitrogen and oxygen atoms in total. The third kappa shape index (κ3) is 1.74. The maximum Gasteiger partial charge on any atom is 0.271 e. The second-order valence-corrected chi connectivity index (χ2v) is 4.71. The number of thiophene rings is 1. The van der Waals surface area contributed by atoms with Crippen LogP contribution >= 0.6 is 11.3 Å². The minimum atomic E-state index is 0.210. The van der Waals surface area contributed by atoms with E-state index in [-0.39, 0.29) is 5.75 Å². The first-order valence-corrected chi connectivity index (χ1v) is 5.80. The van der Waals surface area contributed by atoms with E-state index < -0.39 is 0 Å². The second kappa shape index (κ2) is 3.34. The Hall–Kier alpha value is -1.36. The van der Waals surface area contributed by atoms with E-state index in [1.807, 2.05) is 0 Å². The molecule has 2 aromatic heterocycles. The summed E-state index contributed by atoms with van der Waals surface area (Å²) in [6.07, 6.45) is 3.44. The van der Waals surface area contributed by atoms with Gasteiger partial charge in [-0.15, -0.1) is 11.3 Å². The van der Waals surface area contributed by atoms with Gasteiger partial charge in [0.25, 0.3) is 5.89 Å². The highest BCUT2D eigenvalue weighted by molar-refractivity contribution is 7.13. The Balaban J connectivity index is 1.86. The first-order valence-electron chi connectivity index (χ1n) is 4.92. The van der Waals surface area contributed by atoms with Crippen LogP contribution < -0.4 is 0 Å². The fourth-order valence-corrected chi connectivity index (χ4v) is 2.18. The Kier molecular flexibility index (Phi) is 1.98. The van der Waals surface area contributed by atoms with E-state index in [4.69, 9.17) is 4.52 Å². The summed E-state index contributed by atoms with van der Waals surface area (Å²) in [7, 11) is 0. The van der Waals surface area contributed by atoms with Crippen LogP contribution in [0.25, 0.3) is 10.8 Å². The van der Waals surface area contributed by atoms with Gasteiger partial charge < -0.3 is 9.63 Å². The van der Waals surface area contributed by atoms with Crippen molar-refractivity contribution in [2.45, 2.75) is 19.3 Å². The van der Waals surface area contributed by atoms with E-state index in [1.54, 1.807) is 11.4 Å². The Morgan fingerprint density at radius 1 is 1.53 bits per heavy atom. The summed E-state index contributed by atoms with van der Waals surface area (Å²) in [5, 5.41) is 15.2. The van der Waals surface area contributed by atoms with Crippen molar-refractivity contribution < 1.29 is 9.63 Å². The predicted molar refractivity (Wildman–Crippen MR) is 55.7 cm³/mol. The van der Waals surface area contributed by atoms with E-state index in [0.717, 1.165) is 18.2 Å². The molecule has 0 unspecified atom stereocenters. The molecule has 78 valence electrons. The quantitative estimate of drug-likeness (QED) is 0.866. The molecule has 0 amide bonds. The van der Waals surface area contributed by atoms with Crippen molar-refractivity contribution >= 4 is 11.3 Å². The molecule has 15 heavy (non-hydrogen) atoms. The van der Waals surface area contributed by atoms with Crippen molar-refractivity contribution in [2.75, 3.05) is 0 Å². The van der Waals surface area contributed by atoms with Crippen LogP contribution in [0, 0.1) is 5.92 Å². The van der Waals surface area contributed by atoms with E-state index in [0.29, 0.717) is 10.8 Å². The third-order valence-electron chi connectivity index (χ3n) is 2.47. The Morgan fingerprint density at radius 2 is 2.40 bits per heavy atom. The van der Waals surface area contributed by atoms with Crippen molar-refractivity contribution in [2.24, 2.45) is 5.92 Å². The van der Waals surface area contributed by atoms with Gasteiger partial charge in [-0.05, 0) is 30.2 Å². The first-order chi connectivity index (χ1) is 7.33. The summed E-state index contributed by atoms with van der Waals surface area (Å²) >= 11 is 1.40. The predicted octanol–water partition coefficient (Wildman–Crippen LogP) is 2.46. The van der Waals surface area contributed by atoms with Gasteiger partial charge in [-0.25, -0.2) is 0 Å². The molecule has 2 heterocycles. The van der Waals surface area contributed by atoms with Crippen LogP contribution in [-0.4, -0.2) is 15.2 Å². The fourth-order valence-electron chi connectivity index (χ4n) is 1.47.